The summed E-state index contributed by atoms with van der Waals surface area (Å²) in [5.41, 5.74) is 0. The van der Waals surface area contributed by atoms with E-state index in [0.717, 1.165) is 0 Å². The van der Waals surface area contributed by atoms with E-state index in [1.807, 2.05) is 0 Å². The second-order valence-corrected chi connectivity index (χ2v) is 1.57. The van der Waals surface area contributed by atoms with E-state index < -0.39 is 0 Å². The van der Waals surface area contributed by atoms with Gasteiger partial charge in [-0.25, -0.2) is 0 Å². The van der Waals surface area contributed by atoms with Crippen molar-refractivity contribution in [1.29, 1.82) is 0 Å². The number of thiol groups is 1. The van der Waals surface area contributed by atoms with Crippen molar-refractivity contribution in [3.8, 4) is 0 Å². The summed E-state index contributed by atoms with van der Waals surface area (Å²) in [5, 5.41) is 2.26. The van der Waals surface area contributed by atoms with Gasteiger partial charge in [0.25, 0.3) is 0 Å². The SMILES string of the molecule is C/C(Cl)=C\S. The first-order valence-corrected chi connectivity index (χ1v) is 2.13. The second-order valence-electron chi connectivity index (χ2n) is 0.716. The van der Waals surface area contributed by atoms with Gasteiger partial charge in [0.05, 0.1) is 0 Å². The minimum Gasteiger partial charge on any atom is -0.150 e. The fourth-order valence-electron chi connectivity index (χ4n) is 0. The highest BCUT2D eigenvalue weighted by molar-refractivity contribution is 7.83. The van der Waals surface area contributed by atoms with Crippen molar-refractivity contribution < 1.29 is 0 Å². The number of hydrogen-bond donors (Lipinski definition) is 1. The van der Waals surface area contributed by atoms with Gasteiger partial charge in [-0.15, -0.1) is 0 Å². The largest absolute Gasteiger partial charge is 0.150 e. The molecule has 0 spiro atoms. The van der Waals surface area contributed by atoms with E-state index in [9.17, 15) is 0 Å². The van der Waals surface area contributed by atoms with Crippen LogP contribution < -0.4 is 0 Å². The summed E-state index contributed by atoms with van der Waals surface area (Å²) in [7, 11) is 0. The highest BCUT2D eigenvalue weighted by Gasteiger charge is 1.65. The molecule has 0 aliphatic heterocycles. The Bertz CT molecular complexity index is 44.9. The molecule has 0 aromatic heterocycles. The molecule has 0 aliphatic rings. The van der Waals surface area contributed by atoms with Gasteiger partial charge < -0.3 is 0 Å². The molecule has 0 amide bonds. The fraction of sp³-hybridized carbons (Fsp3) is 0.333. The van der Waals surface area contributed by atoms with Gasteiger partial charge in [-0.2, -0.15) is 12.6 Å². The van der Waals surface area contributed by atoms with Gasteiger partial charge in [0.1, 0.15) is 0 Å². The first-order valence-electron chi connectivity index (χ1n) is 1.24. The summed E-state index contributed by atoms with van der Waals surface area (Å²) < 4.78 is 0. The molecule has 0 atom stereocenters. The molecule has 0 N–H and O–H groups in total. The van der Waals surface area contributed by atoms with Gasteiger partial charge in [-0.1, -0.05) is 11.6 Å². The summed E-state index contributed by atoms with van der Waals surface area (Å²) in [6.07, 6.45) is 0. The lowest BCUT2D eigenvalue weighted by molar-refractivity contribution is 1.71. The van der Waals surface area contributed by atoms with E-state index in [4.69, 9.17) is 11.6 Å². The number of rotatable bonds is 0. The van der Waals surface area contributed by atoms with Gasteiger partial charge in [0.15, 0.2) is 0 Å². The summed E-state index contributed by atoms with van der Waals surface area (Å²) >= 11 is 8.97. The lowest BCUT2D eigenvalue weighted by atomic mass is 10.8. The van der Waals surface area contributed by atoms with Crippen LogP contribution >= 0.6 is 24.2 Å². The van der Waals surface area contributed by atoms with Crippen LogP contribution in [0, 0.1) is 0 Å². The van der Waals surface area contributed by atoms with Crippen molar-refractivity contribution >= 4 is 24.2 Å². The Labute approximate surface area is 42.2 Å². The molecule has 0 unspecified atom stereocenters. The molecule has 0 heterocycles. The Morgan fingerprint density at radius 1 is 2.00 bits per heavy atom. The molecule has 0 nitrogen and oxygen atoms in total. The Morgan fingerprint density at radius 3 is 2.20 bits per heavy atom. The Kier molecular flexibility index (Phi) is 2.81. The van der Waals surface area contributed by atoms with Crippen molar-refractivity contribution in [3.63, 3.8) is 0 Å². The monoisotopic (exact) mass is 108 g/mol. The molecular weight excluding hydrogens is 104 g/mol. The Hall–Kier alpha value is 0.380. The van der Waals surface area contributed by atoms with Crippen molar-refractivity contribution in [2.45, 2.75) is 6.92 Å². The van der Waals surface area contributed by atoms with Crippen LogP contribution in [-0.4, -0.2) is 0 Å². The first kappa shape index (κ1) is 5.38. The van der Waals surface area contributed by atoms with Crippen molar-refractivity contribution in [3.05, 3.63) is 10.4 Å². The highest BCUT2D eigenvalue weighted by atomic mass is 35.5. The van der Waals surface area contributed by atoms with Gasteiger partial charge in [-0.3, -0.25) is 0 Å². The molecular formula is C3H5ClS. The molecule has 0 radical (unpaired) electrons. The zero-order chi connectivity index (χ0) is 4.28. The van der Waals surface area contributed by atoms with Crippen LogP contribution in [0.25, 0.3) is 0 Å². The van der Waals surface area contributed by atoms with Crippen LogP contribution in [0.3, 0.4) is 0 Å². The topological polar surface area (TPSA) is 0 Å². The molecule has 0 aromatic carbocycles. The maximum atomic E-state index is 5.25. The van der Waals surface area contributed by atoms with E-state index in [1.54, 1.807) is 12.3 Å². The minimum absolute atomic E-state index is 0.716. The molecule has 0 rings (SSSR count). The van der Waals surface area contributed by atoms with Crippen LogP contribution in [0.15, 0.2) is 10.4 Å². The van der Waals surface area contributed by atoms with Gasteiger partial charge in [0.2, 0.25) is 0 Å². The average molecular weight is 109 g/mol. The zero-order valence-electron chi connectivity index (χ0n) is 2.90. The lowest BCUT2D eigenvalue weighted by Gasteiger charge is -1.69. The average Bonchev–Trinajstić information content (AvgIpc) is 1.38. The molecule has 30 valence electrons. The molecule has 0 saturated carbocycles. The molecule has 5 heavy (non-hydrogen) atoms. The number of allylic oxidation sites excluding steroid dienone is 1. The van der Waals surface area contributed by atoms with E-state index in [0.29, 0.717) is 5.03 Å². The van der Waals surface area contributed by atoms with E-state index in [1.165, 1.54) is 0 Å². The van der Waals surface area contributed by atoms with Crippen molar-refractivity contribution in [1.82, 2.24) is 0 Å². The van der Waals surface area contributed by atoms with Gasteiger partial charge >= 0.3 is 0 Å². The third-order valence-corrected chi connectivity index (χ3v) is 0.826. The minimum atomic E-state index is 0.716. The molecule has 0 fully saturated rings. The smallest absolute Gasteiger partial charge is 0.0210 e. The van der Waals surface area contributed by atoms with Gasteiger partial charge in [-0.05, 0) is 12.3 Å². The summed E-state index contributed by atoms with van der Waals surface area (Å²) in [5.74, 6) is 0. The van der Waals surface area contributed by atoms with Crippen LogP contribution in [-0.2, 0) is 0 Å². The quantitative estimate of drug-likeness (QED) is 0.451. The third-order valence-electron chi connectivity index (χ3n) is 0.178. The molecule has 0 aromatic rings. The summed E-state index contributed by atoms with van der Waals surface area (Å²) in [4.78, 5) is 0. The Balaban J connectivity index is 3.14. The maximum Gasteiger partial charge on any atom is 0.0210 e. The Morgan fingerprint density at radius 2 is 2.20 bits per heavy atom. The van der Waals surface area contributed by atoms with Gasteiger partial charge in [0, 0.05) is 5.03 Å². The fourth-order valence-corrected chi connectivity index (χ4v) is 0. The molecule has 0 bridgehead atoms. The number of hydrogen-bond acceptors (Lipinski definition) is 1. The second kappa shape index (κ2) is 2.61. The predicted molar refractivity (Wildman–Crippen MR) is 28.6 cm³/mol. The van der Waals surface area contributed by atoms with Crippen molar-refractivity contribution in [2.24, 2.45) is 0 Å². The van der Waals surface area contributed by atoms with Crippen molar-refractivity contribution in [2.75, 3.05) is 0 Å². The van der Waals surface area contributed by atoms with E-state index in [2.05, 4.69) is 12.6 Å². The lowest BCUT2D eigenvalue weighted by Crippen LogP contribution is -1.42. The van der Waals surface area contributed by atoms with E-state index in [-0.39, 0.29) is 0 Å². The third kappa shape index (κ3) is 4.38. The number of halogens is 1. The molecule has 0 aliphatic carbocycles. The maximum absolute atomic E-state index is 5.25. The van der Waals surface area contributed by atoms with E-state index >= 15 is 0 Å². The first-order chi connectivity index (χ1) is 2.27. The molecule has 2 heteroatoms. The predicted octanol–water partition coefficient (Wildman–Crippen LogP) is 2.02. The zero-order valence-corrected chi connectivity index (χ0v) is 4.55. The highest BCUT2D eigenvalue weighted by Crippen LogP contribution is 1.97. The van der Waals surface area contributed by atoms with Crippen LogP contribution in [0.2, 0.25) is 0 Å². The van der Waals surface area contributed by atoms with Crippen LogP contribution in [0.4, 0.5) is 0 Å². The normalized spacial score (nSPS) is 12.2. The van der Waals surface area contributed by atoms with Crippen LogP contribution in [0.1, 0.15) is 6.92 Å². The molecule has 0 saturated heterocycles. The standard InChI is InChI=1S/C3H5ClS/c1-3(4)2-5/h2,5H,1H3/b3-2+. The summed E-state index contributed by atoms with van der Waals surface area (Å²) in [6.45, 7) is 1.77. The van der Waals surface area contributed by atoms with Crippen LogP contribution in [0.5, 0.6) is 0 Å². The summed E-state index contributed by atoms with van der Waals surface area (Å²) in [6, 6.07) is 0.